The van der Waals surface area contributed by atoms with Gasteiger partial charge in [0.2, 0.25) is 5.91 Å². The molecule has 1 heterocycles. The topological polar surface area (TPSA) is 35.6 Å². The number of carbonyl (C=O) groups is 1. The van der Waals surface area contributed by atoms with Crippen molar-refractivity contribution < 1.29 is 9.18 Å². The number of allylic oxidation sites excluding steroid dienone is 1. The van der Waals surface area contributed by atoms with Crippen LogP contribution >= 0.6 is 0 Å². The fourth-order valence-corrected chi connectivity index (χ4v) is 3.72. The summed E-state index contributed by atoms with van der Waals surface area (Å²) in [4.78, 5) is 16.7. The van der Waals surface area contributed by atoms with Gasteiger partial charge in [-0.2, -0.15) is 0 Å². The number of nitrogens with zero attached hydrogens (tertiary/aromatic N) is 2. The van der Waals surface area contributed by atoms with Crippen LogP contribution in [0, 0.1) is 5.82 Å². The van der Waals surface area contributed by atoms with E-state index < -0.39 is 0 Å². The van der Waals surface area contributed by atoms with E-state index in [0.717, 1.165) is 51.4 Å². The first-order chi connectivity index (χ1) is 12.7. The summed E-state index contributed by atoms with van der Waals surface area (Å²) >= 11 is 0. The summed E-state index contributed by atoms with van der Waals surface area (Å²) in [5.41, 5.74) is 2.58. The van der Waals surface area contributed by atoms with Crippen LogP contribution in [0.5, 0.6) is 0 Å². The van der Waals surface area contributed by atoms with Crippen LogP contribution < -0.4 is 10.2 Å². The van der Waals surface area contributed by atoms with Gasteiger partial charge in [0.15, 0.2) is 0 Å². The van der Waals surface area contributed by atoms with Crippen LogP contribution in [0.4, 0.5) is 10.1 Å². The molecule has 1 aliphatic carbocycles. The van der Waals surface area contributed by atoms with Gasteiger partial charge in [0.05, 0.1) is 0 Å². The predicted octanol–water partition coefficient (Wildman–Crippen LogP) is 3.34. The van der Waals surface area contributed by atoms with Crippen LogP contribution in [0.3, 0.4) is 0 Å². The largest absolute Gasteiger partial charge is 0.369 e. The minimum Gasteiger partial charge on any atom is -0.369 e. The Labute approximate surface area is 156 Å². The van der Waals surface area contributed by atoms with E-state index in [9.17, 15) is 9.18 Å². The summed E-state index contributed by atoms with van der Waals surface area (Å²) in [6.45, 7) is 5.30. The molecule has 0 atom stereocenters. The number of halogens is 1. The number of benzene rings is 1. The van der Waals surface area contributed by atoms with Gasteiger partial charge >= 0.3 is 0 Å². The Hall–Kier alpha value is -1.88. The molecule has 1 aromatic carbocycles. The van der Waals surface area contributed by atoms with E-state index in [1.807, 2.05) is 12.1 Å². The summed E-state index contributed by atoms with van der Waals surface area (Å²) < 4.78 is 13.0. The number of hydrogen-bond acceptors (Lipinski definition) is 3. The summed E-state index contributed by atoms with van der Waals surface area (Å²) in [7, 11) is 0. The highest BCUT2D eigenvalue weighted by Crippen LogP contribution is 2.19. The number of anilines is 1. The normalized spacial score (nSPS) is 18.5. The second kappa shape index (κ2) is 9.72. The van der Waals surface area contributed by atoms with Crippen molar-refractivity contribution in [3.63, 3.8) is 0 Å². The first kappa shape index (κ1) is 18.9. The molecule has 1 saturated heterocycles. The number of piperazine rings is 1. The van der Waals surface area contributed by atoms with Crippen molar-refractivity contribution in [1.29, 1.82) is 0 Å². The number of amides is 1. The molecule has 0 bridgehead atoms. The molecule has 0 spiro atoms. The monoisotopic (exact) mass is 359 g/mol. The highest BCUT2D eigenvalue weighted by atomic mass is 19.1. The molecule has 0 saturated carbocycles. The molecule has 1 N–H and O–H groups in total. The first-order valence-corrected chi connectivity index (χ1v) is 9.88. The molecule has 1 aliphatic heterocycles. The zero-order valence-electron chi connectivity index (χ0n) is 15.6. The fourth-order valence-electron chi connectivity index (χ4n) is 3.72. The molecule has 1 fully saturated rings. The van der Waals surface area contributed by atoms with E-state index in [1.165, 1.54) is 43.4 Å². The van der Waals surface area contributed by atoms with Crippen molar-refractivity contribution in [3.8, 4) is 0 Å². The Kier molecular flexibility index (Phi) is 7.06. The molecule has 0 radical (unpaired) electrons. The molecule has 142 valence electrons. The number of rotatable bonds is 7. The van der Waals surface area contributed by atoms with E-state index in [1.54, 1.807) is 0 Å². The van der Waals surface area contributed by atoms with Crippen LogP contribution in [0.2, 0.25) is 0 Å². The lowest BCUT2D eigenvalue weighted by atomic mass is 9.97. The second-order valence-corrected chi connectivity index (χ2v) is 7.26. The predicted molar refractivity (Wildman–Crippen MR) is 104 cm³/mol. The van der Waals surface area contributed by atoms with Gasteiger partial charge in [0, 0.05) is 51.4 Å². The Morgan fingerprint density at radius 3 is 2.54 bits per heavy atom. The third kappa shape index (κ3) is 5.84. The van der Waals surface area contributed by atoms with Gasteiger partial charge in [-0.25, -0.2) is 4.39 Å². The Balaban J connectivity index is 1.30. The first-order valence-electron chi connectivity index (χ1n) is 9.88. The van der Waals surface area contributed by atoms with Crippen LogP contribution in [0.15, 0.2) is 35.9 Å². The maximum atomic E-state index is 13.0. The highest BCUT2D eigenvalue weighted by Gasteiger charge is 2.17. The Morgan fingerprint density at radius 1 is 1.08 bits per heavy atom. The molecule has 5 heteroatoms. The lowest BCUT2D eigenvalue weighted by Crippen LogP contribution is -2.47. The van der Waals surface area contributed by atoms with Crippen LogP contribution in [-0.2, 0) is 4.79 Å². The summed E-state index contributed by atoms with van der Waals surface area (Å²) in [5, 5.41) is 3.06. The third-order valence-electron chi connectivity index (χ3n) is 5.37. The summed E-state index contributed by atoms with van der Waals surface area (Å²) in [6.07, 6.45) is 8.92. The van der Waals surface area contributed by atoms with E-state index in [-0.39, 0.29) is 11.7 Å². The third-order valence-corrected chi connectivity index (χ3v) is 5.37. The minimum absolute atomic E-state index is 0.155. The average Bonchev–Trinajstić information content (AvgIpc) is 2.68. The molecule has 4 nitrogen and oxygen atoms in total. The van der Waals surface area contributed by atoms with Crippen molar-refractivity contribution >= 4 is 11.6 Å². The van der Waals surface area contributed by atoms with E-state index >= 15 is 0 Å². The lowest BCUT2D eigenvalue weighted by molar-refractivity contribution is -0.121. The molecule has 26 heavy (non-hydrogen) atoms. The molecule has 2 aliphatic rings. The lowest BCUT2D eigenvalue weighted by Gasteiger charge is -2.36. The highest BCUT2D eigenvalue weighted by molar-refractivity contribution is 5.76. The molecular weight excluding hydrogens is 329 g/mol. The van der Waals surface area contributed by atoms with Crippen LogP contribution in [0.1, 0.15) is 38.5 Å². The number of nitrogens with one attached hydrogen (secondary N) is 1. The smallest absolute Gasteiger partial charge is 0.221 e. The van der Waals surface area contributed by atoms with E-state index in [0.29, 0.717) is 6.42 Å². The number of carbonyl (C=O) groups excluding carboxylic acids is 1. The summed E-state index contributed by atoms with van der Waals surface area (Å²) in [5.74, 6) is -0.0412. The molecule has 3 rings (SSSR count). The molecule has 0 unspecified atom stereocenters. The van der Waals surface area contributed by atoms with E-state index in [2.05, 4.69) is 21.2 Å². The molecule has 1 aromatic rings. The van der Waals surface area contributed by atoms with Gasteiger partial charge in [-0.15, -0.1) is 0 Å². The van der Waals surface area contributed by atoms with Gasteiger partial charge in [-0.3, -0.25) is 9.69 Å². The van der Waals surface area contributed by atoms with Crippen molar-refractivity contribution in [3.05, 3.63) is 41.7 Å². The van der Waals surface area contributed by atoms with Gasteiger partial charge in [-0.1, -0.05) is 11.6 Å². The molecule has 0 aromatic heterocycles. The Morgan fingerprint density at radius 2 is 1.85 bits per heavy atom. The SMILES string of the molecule is O=C(CCN1CCN(c2ccc(F)cc2)CC1)NCCC1=CCCCC1. The number of hydrogen-bond donors (Lipinski definition) is 1. The second-order valence-electron chi connectivity index (χ2n) is 7.26. The summed E-state index contributed by atoms with van der Waals surface area (Å²) in [6, 6.07) is 6.69. The zero-order valence-corrected chi connectivity index (χ0v) is 15.6. The van der Waals surface area contributed by atoms with E-state index in [4.69, 9.17) is 0 Å². The minimum atomic E-state index is -0.196. The van der Waals surface area contributed by atoms with Crippen LogP contribution in [0.25, 0.3) is 0 Å². The maximum absolute atomic E-state index is 13.0. The molecular formula is C21H30FN3O. The fraction of sp³-hybridized carbons (Fsp3) is 0.571. The van der Waals surface area contributed by atoms with Crippen molar-refractivity contribution in [1.82, 2.24) is 10.2 Å². The zero-order chi connectivity index (χ0) is 18.2. The van der Waals surface area contributed by atoms with Gasteiger partial charge < -0.3 is 10.2 Å². The standard InChI is InChI=1S/C21H30FN3O/c22-19-6-8-20(9-7-19)25-16-14-24(15-17-25)13-11-21(26)23-12-10-18-4-2-1-3-5-18/h4,6-9H,1-3,5,10-17H2,(H,23,26). The van der Waals surface area contributed by atoms with Crippen LogP contribution in [-0.4, -0.2) is 50.1 Å². The Bertz CT molecular complexity index is 606. The van der Waals surface area contributed by atoms with Crippen molar-refractivity contribution in [2.45, 2.75) is 38.5 Å². The maximum Gasteiger partial charge on any atom is 0.221 e. The van der Waals surface area contributed by atoms with Gasteiger partial charge in [0.25, 0.3) is 0 Å². The molecule has 1 amide bonds. The quantitative estimate of drug-likeness (QED) is 0.759. The van der Waals surface area contributed by atoms with Crippen molar-refractivity contribution in [2.75, 3.05) is 44.2 Å². The van der Waals surface area contributed by atoms with Gasteiger partial charge in [0.1, 0.15) is 5.82 Å². The van der Waals surface area contributed by atoms with Crippen molar-refractivity contribution in [2.24, 2.45) is 0 Å². The van der Waals surface area contributed by atoms with Gasteiger partial charge in [-0.05, 0) is 56.4 Å². The average molecular weight is 359 g/mol.